The number of nitrogens with zero attached hydrogens (tertiary/aromatic N) is 1. The molecule has 2 aromatic rings. The van der Waals surface area contributed by atoms with Crippen molar-refractivity contribution in [1.29, 1.82) is 0 Å². The summed E-state index contributed by atoms with van der Waals surface area (Å²) in [7, 11) is 0. The molecule has 0 bridgehead atoms. The molecule has 1 atom stereocenters. The van der Waals surface area contributed by atoms with Gasteiger partial charge < -0.3 is 10.6 Å². The third kappa shape index (κ3) is 4.35. The van der Waals surface area contributed by atoms with Crippen molar-refractivity contribution in [3.63, 3.8) is 0 Å². The lowest BCUT2D eigenvalue weighted by molar-refractivity contribution is -0.118. The number of hydrogen-bond acceptors (Lipinski definition) is 3. The number of ketones is 1. The Balaban J connectivity index is 1.71. The molecule has 1 fully saturated rings. The molecule has 0 spiro atoms. The summed E-state index contributed by atoms with van der Waals surface area (Å²) < 4.78 is 14.5. The maximum Gasteiger partial charge on any atom is 0.218 e. The fraction of sp³-hybridized carbons (Fsp3) is 0.333. The summed E-state index contributed by atoms with van der Waals surface area (Å²) in [6.45, 7) is 2.02. The Hall–Kier alpha value is -2.53. The zero-order chi connectivity index (χ0) is 18.5. The summed E-state index contributed by atoms with van der Waals surface area (Å²) >= 11 is 0. The molecule has 136 valence electrons. The van der Waals surface area contributed by atoms with Gasteiger partial charge in [0.1, 0.15) is 5.82 Å². The molecule has 1 amide bonds. The molecule has 1 aliphatic rings. The van der Waals surface area contributed by atoms with Gasteiger partial charge >= 0.3 is 0 Å². The monoisotopic (exact) mass is 354 g/mol. The minimum Gasteiger partial charge on any atom is -0.370 e. The molecule has 1 aliphatic heterocycles. The molecule has 0 saturated carbocycles. The van der Waals surface area contributed by atoms with Crippen LogP contribution in [-0.4, -0.2) is 36.2 Å². The normalized spacial score (nSPS) is 17.8. The number of carbonyl (C=O) groups excluding carboxylic acids is 2. The van der Waals surface area contributed by atoms with Crippen LogP contribution in [0.4, 0.5) is 4.39 Å². The van der Waals surface area contributed by atoms with Gasteiger partial charge in [0, 0.05) is 36.6 Å². The molecule has 0 unspecified atom stereocenters. The standard InChI is InChI=1S/C21H23FN2O2/c22-19-13-16(8-9-18(19)15-5-2-1-3-6-15)21(26)17-7-4-11-24(14-17)12-10-20(23)25/h1-3,5-6,8-9,13,17H,4,7,10-12,14H2,(H2,23,25)/t17-/m0/s1. The van der Waals surface area contributed by atoms with Gasteiger partial charge in [0.05, 0.1) is 0 Å². The van der Waals surface area contributed by atoms with E-state index in [1.807, 2.05) is 30.3 Å². The van der Waals surface area contributed by atoms with Crippen molar-refractivity contribution in [2.45, 2.75) is 19.3 Å². The molecule has 26 heavy (non-hydrogen) atoms. The SMILES string of the molecule is NC(=O)CCN1CCC[C@H](C(=O)c2ccc(-c3ccccc3)c(F)c2)C1. The predicted molar refractivity (Wildman–Crippen MR) is 99.1 cm³/mol. The molecule has 3 rings (SSSR count). The fourth-order valence-corrected chi connectivity index (χ4v) is 3.50. The first kappa shape index (κ1) is 18.3. The first-order valence-electron chi connectivity index (χ1n) is 8.94. The first-order chi connectivity index (χ1) is 12.5. The number of halogens is 1. The third-order valence-electron chi connectivity index (χ3n) is 4.89. The molecular weight excluding hydrogens is 331 g/mol. The average molecular weight is 354 g/mol. The molecular formula is C21H23FN2O2. The average Bonchev–Trinajstić information content (AvgIpc) is 2.66. The second kappa shape index (κ2) is 8.23. The van der Waals surface area contributed by atoms with Crippen LogP contribution in [0.2, 0.25) is 0 Å². The largest absolute Gasteiger partial charge is 0.370 e. The van der Waals surface area contributed by atoms with Gasteiger partial charge in [-0.3, -0.25) is 9.59 Å². The Kier molecular flexibility index (Phi) is 5.78. The van der Waals surface area contributed by atoms with Crippen LogP contribution in [0.25, 0.3) is 11.1 Å². The molecule has 0 aliphatic carbocycles. The van der Waals surface area contributed by atoms with Crippen molar-refractivity contribution in [3.8, 4) is 11.1 Å². The number of piperidine rings is 1. The van der Waals surface area contributed by atoms with Crippen LogP contribution in [0, 0.1) is 11.7 Å². The van der Waals surface area contributed by atoms with Crippen LogP contribution in [0.3, 0.4) is 0 Å². The van der Waals surface area contributed by atoms with Gasteiger partial charge in [-0.15, -0.1) is 0 Å². The minimum absolute atomic E-state index is 0.0349. The zero-order valence-electron chi connectivity index (χ0n) is 14.7. The Morgan fingerprint density at radius 3 is 2.62 bits per heavy atom. The van der Waals surface area contributed by atoms with Crippen LogP contribution < -0.4 is 5.73 Å². The van der Waals surface area contributed by atoms with E-state index in [0.717, 1.165) is 24.9 Å². The summed E-state index contributed by atoms with van der Waals surface area (Å²) in [4.78, 5) is 25.8. The van der Waals surface area contributed by atoms with Gasteiger partial charge in [0.15, 0.2) is 5.78 Å². The summed E-state index contributed by atoms with van der Waals surface area (Å²) in [5, 5.41) is 0. The van der Waals surface area contributed by atoms with E-state index in [9.17, 15) is 14.0 Å². The van der Waals surface area contributed by atoms with E-state index in [4.69, 9.17) is 5.73 Å². The van der Waals surface area contributed by atoms with Crippen molar-refractivity contribution in [2.24, 2.45) is 11.7 Å². The van der Waals surface area contributed by atoms with Gasteiger partial charge in [-0.2, -0.15) is 0 Å². The van der Waals surface area contributed by atoms with Gasteiger partial charge in [0.2, 0.25) is 5.91 Å². The maximum atomic E-state index is 14.5. The lowest BCUT2D eigenvalue weighted by atomic mass is 9.89. The van der Waals surface area contributed by atoms with Gasteiger partial charge in [-0.05, 0) is 31.0 Å². The summed E-state index contributed by atoms with van der Waals surface area (Å²) in [6, 6.07) is 14.0. The number of amides is 1. The second-order valence-electron chi connectivity index (χ2n) is 6.78. The number of nitrogens with two attached hydrogens (primary N) is 1. The topological polar surface area (TPSA) is 63.4 Å². The highest BCUT2D eigenvalue weighted by Crippen LogP contribution is 2.26. The third-order valence-corrected chi connectivity index (χ3v) is 4.89. The van der Waals surface area contributed by atoms with Crippen LogP contribution in [0.5, 0.6) is 0 Å². The smallest absolute Gasteiger partial charge is 0.218 e. The fourth-order valence-electron chi connectivity index (χ4n) is 3.50. The number of primary amides is 1. The van der Waals surface area contributed by atoms with Crippen molar-refractivity contribution in [3.05, 3.63) is 59.9 Å². The van der Waals surface area contributed by atoms with Crippen molar-refractivity contribution in [2.75, 3.05) is 19.6 Å². The van der Waals surface area contributed by atoms with E-state index >= 15 is 0 Å². The van der Waals surface area contributed by atoms with E-state index in [2.05, 4.69) is 4.90 Å². The number of likely N-dealkylation sites (tertiary alicyclic amines) is 1. The second-order valence-corrected chi connectivity index (χ2v) is 6.78. The number of rotatable bonds is 6. The number of benzene rings is 2. The van der Waals surface area contributed by atoms with Crippen molar-refractivity contribution < 1.29 is 14.0 Å². The lowest BCUT2D eigenvalue weighted by Crippen LogP contribution is -2.40. The van der Waals surface area contributed by atoms with E-state index in [0.29, 0.717) is 30.6 Å². The highest BCUT2D eigenvalue weighted by molar-refractivity contribution is 5.98. The van der Waals surface area contributed by atoms with Crippen molar-refractivity contribution in [1.82, 2.24) is 4.90 Å². The van der Waals surface area contributed by atoms with Crippen molar-refractivity contribution >= 4 is 11.7 Å². The summed E-state index contributed by atoms with van der Waals surface area (Å²) in [5.41, 5.74) is 6.89. The molecule has 1 saturated heterocycles. The summed E-state index contributed by atoms with van der Waals surface area (Å²) in [5.74, 6) is -0.925. The Bertz CT molecular complexity index is 792. The zero-order valence-corrected chi connectivity index (χ0v) is 14.7. The van der Waals surface area contributed by atoms with E-state index in [1.165, 1.54) is 6.07 Å². The summed E-state index contributed by atoms with van der Waals surface area (Å²) in [6.07, 6.45) is 1.97. The molecule has 0 radical (unpaired) electrons. The lowest BCUT2D eigenvalue weighted by Gasteiger charge is -2.31. The van der Waals surface area contributed by atoms with Crippen LogP contribution in [0.15, 0.2) is 48.5 Å². The number of hydrogen-bond donors (Lipinski definition) is 1. The molecule has 1 heterocycles. The molecule has 4 nitrogen and oxygen atoms in total. The first-order valence-corrected chi connectivity index (χ1v) is 8.94. The number of carbonyl (C=O) groups is 2. The Morgan fingerprint density at radius 2 is 1.92 bits per heavy atom. The Morgan fingerprint density at radius 1 is 1.15 bits per heavy atom. The van der Waals surface area contributed by atoms with Crippen LogP contribution in [0.1, 0.15) is 29.6 Å². The predicted octanol–water partition coefficient (Wildman–Crippen LogP) is 3.26. The highest BCUT2D eigenvalue weighted by Gasteiger charge is 2.27. The minimum atomic E-state index is -0.386. The quantitative estimate of drug-likeness (QED) is 0.810. The van der Waals surface area contributed by atoms with Gasteiger partial charge in [0.25, 0.3) is 0 Å². The molecule has 0 aromatic heterocycles. The van der Waals surface area contributed by atoms with Gasteiger partial charge in [-0.25, -0.2) is 4.39 Å². The number of Topliss-reactive ketones (excluding diaryl/α,β-unsaturated/α-hetero) is 1. The van der Waals surface area contributed by atoms with E-state index in [1.54, 1.807) is 12.1 Å². The molecule has 2 aromatic carbocycles. The molecule has 5 heteroatoms. The van der Waals surface area contributed by atoms with E-state index < -0.39 is 0 Å². The van der Waals surface area contributed by atoms with Crippen LogP contribution in [-0.2, 0) is 4.79 Å². The van der Waals surface area contributed by atoms with E-state index in [-0.39, 0.29) is 23.4 Å². The van der Waals surface area contributed by atoms with Gasteiger partial charge in [-0.1, -0.05) is 42.5 Å². The molecule has 2 N–H and O–H groups in total. The maximum absolute atomic E-state index is 14.5. The van der Waals surface area contributed by atoms with Crippen LogP contribution >= 0.6 is 0 Å². The highest BCUT2D eigenvalue weighted by atomic mass is 19.1. The Labute approximate surface area is 152 Å².